The van der Waals surface area contributed by atoms with Crippen LogP contribution in [0.25, 0.3) is 0 Å². The summed E-state index contributed by atoms with van der Waals surface area (Å²) < 4.78 is 5.89. The molecule has 4 unspecified atom stereocenters. The molecular formula is C15H24N2O3. The number of rotatable bonds is 2. The van der Waals surface area contributed by atoms with E-state index in [1.54, 1.807) is 13.8 Å². The van der Waals surface area contributed by atoms with Crippen LogP contribution in [0.15, 0.2) is 0 Å². The minimum Gasteiger partial charge on any atom is -0.373 e. The van der Waals surface area contributed by atoms with Crippen LogP contribution >= 0.6 is 0 Å². The predicted molar refractivity (Wildman–Crippen MR) is 74.0 cm³/mol. The molecule has 0 aromatic rings. The minimum absolute atomic E-state index is 0.0250. The summed E-state index contributed by atoms with van der Waals surface area (Å²) in [5.74, 6) is 0.0958. The number of nitrogens with one attached hydrogen (secondary N) is 1. The second-order valence-electron chi connectivity index (χ2n) is 7.19. The summed E-state index contributed by atoms with van der Waals surface area (Å²) in [5.41, 5.74) is -0.815. The molecule has 3 heterocycles. The third-order valence-corrected chi connectivity index (χ3v) is 4.84. The summed E-state index contributed by atoms with van der Waals surface area (Å²) in [6, 6.07) is -0.303. The van der Waals surface area contributed by atoms with Gasteiger partial charge < -0.3 is 15.0 Å². The van der Waals surface area contributed by atoms with Gasteiger partial charge in [0.05, 0.1) is 18.2 Å². The fraction of sp³-hybridized carbons (Fsp3) is 0.867. The second kappa shape index (κ2) is 4.45. The van der Waals surface area contributed by atoms with Crippen molar-refractivity contribution >= 4 is 11.8 Å². The summed E-state index contributed by atoms with van der Waals surface area (Å²) >= 11 is 0. The maximum absolute atomic E-state index is 12.8. The van der Waals surface area contributed by atoms with Crippen LogP contribution < -0.4 is 5.32 Å². The molecule has 3 fully saturated rings. The van der Waals surface area contributed by atoms with Gasteiger partial charge in [0.1, 0.15) is 11.6 Å². The Kier molecular flexibility index (Phi) is 3.08. The number of hydrogen-bond donors (Lipinski definition) is 1. The smallest absolute Gasteiger partial charge is 0.248 e. The summed E-state index contributed by atoms with van der Waals surface area (Å²) in [7, 11) is 0. The van der Waals surface area contributed by atoms with E-state index < -0.39 is 5.54 Å². The van der Waals surface area contributed by atoms with Gasteiger partial charge in [-0.05, 0) is 39.0 Å². The number of piperazine rings is 1. The molecule has 2 amide bonds. The van der Waals surface area contributed by atoms with Gasteiger partial charge in [-0.25, -0.2) is 0 Å². The Morgan fingerprint density at radius 3 is 2.50 bits per heavy atom. The molecule has 0 aromatic carbocycles. The van der Waals surface area contributed by atoms with E-state index in [1.807, 2.05) is 18.7 Å². The zero-order valence-corrected chi connectivity index (χ0v) is 12.7. The van der Waals surface area contributed by atoms with Crippen molar-refractivity contribution in [3.05, 3.63) is 0 Å². The van der Waals surface area contributed by atoms with Gasteiger partial charge in [0.25, 0.3) is 0 Å². The van der Waals surface area contributed by atoms with E-state index in [2.05, 4.69) is 5.32 Å². The van der Waals surface area contributed by atoms with Gasteiger partial charge in [0, 0.05) is 0 Å². The third kappa shape index (κ3) is 1.94. The number of carbonyl (C=O) groups excluding carboxylic acids is 2. The molecule has 2 bridgehead atoms. The lowest BCUT2D eigenvalue weighted by atomic mass is 9.86. The highest BCUT2D eigenvalue weighted by Gasteiger charge is 2.54. The van der Waals surface area contributed by atoms with E-state index in [1.165, 1.54) is 0 Å². The molecule has 1 N–H and O–H groups in total. The molecule has 0 aromatic heterocycles. The normalized spacial score (nSPS) is 39.5. The van der Waals surface area contributed by atoms with Crippen molar-refractivity contribution in [1.29, 1.82) is 0 Å². The average Bonchev–Trinajstić information content (AvgIpc) is 2.94. The van der Waals surface area contributed by atoms with Crippen LogP contribution in [0.5, 0.6) is 0 Å². The summed E-state index contributed by atoms with van der Waals surface area (Å²) in [6.07, 6.45) is 3.37. The van der Waals surface area contributed by atoms with E-state index in [-0.39, 0.29) is 42.0 Å². The molecular weight excluding hydrogens is 256 g/mol. The van der Waals surface area contributed by atoms with Gasteiger partial charge in [-0.2, -0.15) is 0 Å². The highest BCUT2D eigenvalue weighted by molar-refractivity contribution is 5.99. The third-order valence-electron chi connectivity index (χ3n) is 4.84. The lowest BCUT2D eigenvalue weighted by molar-refractivity contribution is -0.159. The first kappa shape index (κ1) is 13.9. The number of nitrogens with zero attached hydrogens (tertiary/aromatic N) is 1. The predicted octanol–water partition coefficient (Wildman–Crippen LogP) is 1.07. The van der Waals surface area contributed by atoms with Crippen LogP contribution in [-0.2, 0) is 14.3 Å². The zero-order valence-electron chi connectivity index (χ0n) is 12.7. The van der Waals surface area contributed by atoms with Gasteiger partial charge in [-0.3, -0.25) is 9.59 Å². The fourth-order valence-corrected chi connectivity index (χ4v) is 3.90. The Morgan fingerprint density at radius 1 is 1.30 bits per heavy atom. The Morgan fingerprint density at radius 2 is 2.00 bits per heavy atom. The molecule has 5 nitrogen and oxygen atoms in total. The largest absolute Gasteiger partial charge is 0.373 e. The first-order valence-corrected chi connectivity index (χ1v) is 7.61. The Balaban J connectivity index is 1.94. The molecule has 112 valence electrons. The van der Waals surface area contributed by atoms with Gasteiger partial charge in [0.15, 0.2) is 0 Å². The van der Waals surface area contributed by atoms with Gasteiger partial charge >= 0.3 is 0 Å². The lowest BCUT2D eigenvalue weighted by Crippen LogP contribution is -2.72. The van der Waals surface area contributed by atoms with Crippen LogP contribution in [0.4, 0.5) is 0 Å². The van der Waals surface area contributed by atoms with Crippen molar-refractivity contribution in [2.24, 2.45) is 5.92 Å². The first-order valence-electron chi connectivity index (χ1n) is 7.61. The maximum Gasteiger partial charge on any atom is 0.248 e. The molecule has 3 aliphatic heterocycles. The molecule has 3 rings (SSSR count). The maximum atomic E-state index is 12.8. The minimum atomic E-state index is -0.815. The summed E-state index contributed by atoms with van der Waals surface area (Å²) in [5, 5.41) is 2.86. The van der Waals surface area contributed by atoms with E-state index in [0.29, 0.717) is 0 Å². The van der Waals surface area contributed by atoms with Crippen LogP contribution in [-0.4, -0.2) is 46.5 Å². The second-order valence-corrected chi connectivity index (χ2v) is 7.19. The number of hydrogen-bond acceptors (Lipinski definition) is 3. The van der Waals surface area contributed by atoms with Crippen molar-refractivity contribution < 1.29 is 14.3 Å². The Labute approximate surface area is 120 Å². The van der Waals surface area contributed by atoms with E-state index in [9.17, 15) is 9.59 Å². The molecule has 5 heteroatoms. The quantitative estimate of drug-likeness (QED) is 0.823. The molecule has 0 spiro atoms. The fourth-order valence-electron chi connectivity index (χ4n) is 3.90. The highest BCUT2D eigenvalue weighted by atomic mass is 16.5. The van der Waals surface area contributed by atoms with Crippen molar-refractivity contribution in [2.75, 3.05) is 0 Å². The molecule has 4 atom stereocenters. The van der Waals surface area contributed by atoms with Crippen LogP contribution in [0, 0.1) is 5.92 Å². The molecule has 0 aliphatic carbocycles. The van der Waals surface area contributed by atoms with E-state index in [4.69, 9.17) is 4.74 Å². The monoisotopic (exact) mass is 280 g/mol. The van der Waals surface area contributed by atoms with Crippen molar-refractivity contribution in [1.82, 2.24) is 10.2 Å². The molecule has 0 saturated carbocycles. The SMILES string of the molecule is CC(C)C1C(=O)NC(C)(C)C(=O)N1C1CC2CCC1O2. The van der Waals surface area contributed by atoms with Gasteiger partial charge in [-0.1, -0.05) is 13.8 Å². The number of fused-ring (bicyclic) bond motifs is 2. The Bertz CT molecular complexity index is 446. The van der Waals surface area contributed by atoms with Gasteiger partial charge in [-0.15, -0.1) is 0 Å². The zero-order chi connectivity index (χ0) is 14.7. The number of ether oxygens (including phenoxy) is 1. The van der Waals surface area contributed by atoms with Crippen molar-refractivity contribution in [3.63, 3.8) is 0 Å². The molecule has 3 aliphatic rings. The van der Waals surface area contributed by atoms with Crippen molar-refractivity contribution in [3.8, 4) is 0 Å². The topological polar surface area (TPSA) is 58.6 Å². The van der Waals surface area contributed by atoms with Crippen LogP contribution in [0.2, 0.25) is 0 Å². The molecule has 0 radical (unpaired) electrons. The van der Waals surface area contributed by atoms with Crippen LogP contribution in [0.1, 0.15) is 47.0 Å². The van der Waals surface area contributed by atoms with E-state index >= 15 is 0 Å². The lowest BCUT2D eigenvalue weighted by Gasteiger charge is -2.48. The highest BCUT2D eigenvalue weighted by Crippen LogP contribution is 2.40. The van der Waals surface area contributed by atoms with Crippen molar-refractivity contribution in [2.45, 2.75) is 76.8 Å². The summed E-state index contributed by atoms with van der Waals surface area (Å²) in [4.78, 5) is 27.1. The number of carbonyl (C=O) groups is 2. The number of amides is 2. The van der Waals surface area contributed by atoms with E-state index in [0.717, 1.165) is 19.3 Å². The first-order chi connectivity index (χ1) is 9.31. The average molecular weight is 280 g/mol. The Hall–Kier alpha value is -1.10. The standard InChI is InChI=1S/C15H24N2O3/c1-8(2)12-13(18)16-15(3,4)14(19)17(12)10-7-9-5-6-11(10)20-9/h8-12H,5-7H2,1-4H3,(H,16,18). The van der Waals surface area contributed by atoms with Crippen LogP contribution in [0.3, 0.4) is 0 Å². The van der Waals surface area contributed by atoms with Gasteiger partial charge in [0.2, 0.25) is 11.8 Å². The molecule has 20 heavy (non-hydrogen) atoms. The molecule has 3 saturated heterocycles. The summed E-state index contributed by atoms with van der Waals surface area (Å²) in [6.45, 7) is 7.56.